The lowest BCUT2D eigenvalue weighted by Gasteiger charge is -2.35. The van der Waals surface area contributed by atoms with Crippen molar-refractivity contribution >= 4 is 29.3 Å². The number of hydrogen-bond donors (Lipinski definition) is 0. The molecule has 7 nitrogen and oxygen atoms in total. The third-order valence-corrected chi connectivity index (χ3v) is 5.55. The number of amides is 1. The summed E-state index contributed by atoms with van der Waals surface area (Å²) in [7, 11) is 0. The molecule has 1 fully saturated rings. The van der Waals surface area contributed by atoms with Crippen LogP contribution in [0.1, 0.15) is 16.7 Å². The highest BCUT2D eigenvalue weighted by Gasteiger charge is 2.32. The molecule has 0 N–H and O–H groups in total. The number of benzene rings is 1. The molecule has 1 aromatic heterocycles. The quantitative estimate of drug-likeness (QED) is 0.582. The van der Waals surface area contributed by atoms with Crippen LogP contribution in [0, 0.1) is 13.8 Å². The summed E-state index contributed by atoms with van der Waals surface area (Å²) < 4.78 is 48.7. The largest absolute Gasteiger partial charge is 0.482 e. The maximum Gasteiger partial charge on any atom is 0.417 e. The Morgan fingerprint density at radius 1 is 1.06 bits per heavy atom. The van der Waals surface area contributed by atoms with E-state index in [9.17, 15) is 22.8 Å². The molecule has 1 aliphatic heterocycles. The van der Waals surface area contributed by atoms with E-state index in [1.807, 2.05) is 26.0 Å². The van der Waals surface area contributed by atoms with Crippen molar-refractivity contribution in [2.45, 2.75) is 20.0 Å². The lowest BCUT2D eigenvalue weighted by Crippen LogP contribution is -2.50. The van der Waals surface area contributed by atoms with Crippen LogP contribution in [0.2, 0.25) is 5.02 Å². The second-order valence-corrected chi connectivity index (χ2v) is 8.00. The Kier molecular flexibility index (Phi) is 7.68. The standard InChI is InChI=1S/C22H23ClF3N3O4/c1-14-3-4-17(9-15(14)2)32-13-20(31)33-12-19(30)28-5-7-29(8-6-28)21-18(23)10-16(11-27-21)22(24,25)26/h3-4,9-11H,5-8,12-13H2,1-2H3. The summed E-state index contributed by atoms with van der Waals surface area (Å²) in [5.74, 6) is -0.277. The van der Waals surface area contributed by atoms with Gasteiger partial charge in [0.25, 0.3) is 5.91 Å². The fourth-order valence-electron chi connectivity index (χ4n) is 3.21. The molecule has 0 aliphatic carbocycles. The summed E-state index contributed by atoms with van der Waals surface area (Å²) in [6, 6.07) is 6.27. The Bertz CT molecular complexity index is 1020. The molecule has 1 saturated heterocycles. The fraction of sp³-hybridized carbons (Fsp3) is 0.409. The minimum absolute atomic E-state index is 0.109. The number of anilines is 1. The zero-order valence-electron chi connectivity index (χ0n) is 18.1. The smallest absolute Gasteiger partial charge is 0.417 e. The predicted octanol–water partition coefficient (Wildman–Crippen LogP) is 3.64. The summed E-state index contributed by atoms with van der Waals surface area (Å²) >= 11 is 5.99. The van der Waals surface area contributed by atoms with Crippen molar-refractivity contribution < 1.29 is 32.2 Å². The minimum atomic E-state index is -4.53. The van der Waals surface area contributed by atoms with Crippen molar-refractivity contribution in [2.24, 2.45) is 0 Å². The van der Waals surface area contributed by atoms with Crippen molar-refractivity contribution in [2.75, 3.05) is 44.3 Å². The Balaban J connectivity index is 1.43. The normalized spacial score (nSPS) is 14.2. The van der Waals surface area contributed by atoms with Crippen LogP contribution >= 0.6 is 11.6 Å². The summed E-state index contributed by atoms with van der Waals surface area (Å²) in [6.07, 6.45) is -3.79. The number of nitrogens with zero attached hydrogens (tertiary/aromatic N) is 3. The summed E-state index contributed by atoms with van der Waals surface area (Å²) in [4.78, 5) is 31.3. The van der Waals surface area contributed by atoms with Crippen molar-refractivity contribution in [3.05, 3.63) is 52.2 Å². The molecular formula is C22H23ClF3N3O4. The van der Waals surface area contributed by atoms with Crippen LogP contribution in [0.25, 0.3) is 0 Å². The topological polar surface area (TPSA) is 72.0 Å². The van der Waals surface area contributed by atoms with Gasteiger partial charge in [-0.3, -0.25) is 4.79 Å². The molecule has 1 aliphatic rings. The first-order valence-electron chi connectivity index (χ1n) is 10.2. The number of aromatic nitrogens is 1. The first kappa shape index (κ1) is 24.6. The molecule has 2 heterocycles. The van der Waals surface area contributed by atoms with Crippen LogP contribution in [-0.4, -0.2) is 61.2 Å². The molecule has 0 spiro atoms. The van der Waals surface area contributed by atoms with Gasteiger partial charge in [-0.25, -0.2) is 9.78 Å². The van der Waals surface area contributed by atoms with Crippen LogP contribution in [0.4, 0.5) is 19.0 Å². The van der Waals surface area contributed by atoms with Crippen LogP contribution in [0.3, 0.4) is 0 Å². The lowest BCUT2D eigenvalue weighted by atomic mass is 10.1. The van der Waals surface area contributed by atoms with Gasteiger partial charge in [0.05, 0.1) is 10.6 Å². The zero-order chi connectivity index (χ0) is 24.2. The van der Waals surface area contributed by atoms with Gasteiger partial charge in [0.2, 0.25) is 0 Å². The van der Waals surface area contributed by atoms with Crippen molar-refractivity contribution in [3.8, 4) is 5.75 Å². The number of alkyl halides is 3. The van der Waals surface area contributed by atoms with Gasteiger partial charge in [-0.2, -0.15) is 13.2 Å². The molecule has 0 unspecified atom stereocenters. The van der Waals surface area contributed by atoms with Gasteiger partial charge < -0.3 is 19.3 Å². The van der Waals surface area contributed by atoms with E-state index in [4.69, 9.17) is 21.1 Å². The zero-order valence-corrected chi connectivity index (χ0v) is 18.9. The Morgan fingerprint density at radius 3 is 2.36 bits per heavy atom. The summed E-state index contributed by atoms with van der Waals surface area (Å²) in [5, 5.41) is -0.109. The average Bonchev–Trinajstić information content (AvgIpc) is 2.77. The highest BCUT2D eigenvalue weighted by atomic mass is 35.5. The van der Waals surface area contributed by atoms with Crippen LogP contribution in [0.15, 0.2) is 30.5 Å². The fourth-order valence-corrected chi connectivity index (χ4v) is 3.49. The van der Waals surface area contributed by atoms with Gasteiger partial charge in [-0.15, -0.1) is 0 Å². The van der Waals surface area contributed by atoms with E-state index in [-0.39, 0.29) is 36.4 Å². The molecular weight excluding hydrogens is 463 g/mol. The van der Waals surface area contributed by atoms with E-state index >= 15 is 0 Å². The van der Waals surface area contributed by atoms with E-state index in [0.717, 1.165) is 23.4 Å². The summed E-state index contributed by atoms with van der Waals surface area (Å²) in [5.41, 5.74) is 1.21. The number of rotatable bonds is 6. The van der Waals surface area contributed by atoms with Gasteiger partial charge in [0.15, 0.2) is 13.2 Å². The number of hydrogen-bond acceptors (Lipinski definition) is 6. The van der Waals surface area contributed by atoms with E-state index < -0.39 is 24.3 Å². The first-order valence-corrected chi connectivity index (χ1v) is 10.5. The van der Waals surface area contributed by atoms with Crippen LogP contribution in [0.5, 0.6) is 5.75 Å². The van der Waals surface area contributed by atoms with Gasteiger partial charge in [-0.05, 0) is 43.2 Å². The van der Waals surface area contributed by atoms with E-state index in [1.54, 1.807) is 11.0 Å². The molecule has 1 aromatic carbocycles. The number of piperazine rings is 1. The molecule has 0 bridgehead atoms. The van der Waals surface area contributed by atoms with Crippen molar-refractivity contribution in [1.29, 1.82) is 0 Å². The number of ether oxygens (including phenoxy) is 2. The number of pyridine rings is 1. The number of esters is 1. The number of carbonyl (C=O) groups excluding carboxylic acids is 2. The van der Waals surface area contributed by atoms with Crippen molar-refractivity contribution in [1.82, 2.24) is 9.88 Å². The monoisotopic (exact) mass is 485 g/mol. The second kappa shape index (κ2) is 10.3. The highest BCUT2D eigenvalue weighted by molar-refractivity contribution is 6.33. The molecule has 178 valence electrons. The molecule has 0 radical (unpaired) electrons. The molecule has 3 rings (SSSR count). The maximum absolute atomic E-state index is 12.8. The van der Waals surface area contributed by atoms with E-state index in [0.29, 0.717) is 18.8 Å². The third kappa shape index (κ3) is 6.50. The molecule has 1 amide bonds. The minimum Gasteiger partial charge on any atom is -0.482 e. The Hall–Kier alpha value is -3.01. The van der Waals surface area contributed by atoms with Gasteiger partial charge in [-0.1, -0.05) is 17.7 Å². The van der Waals surface area contributed by atoms with Crippen LogP contribution < -0.4 is 9.64 Å². The predicted molar refractivity (Wildman–Crippen MR) is 115 cm³/mol. The second-order valence-electron chi connectivity index (χ2n) is 7.59. The lowest BCUT2D eigenvalue weighted by molar-refractivity contribution is -0.153. The van der Waals surface area contributed by atoms with E-state index in [2.05, 4.69) is 4.98 Å². The number of carbonyl (C=O) groups is 2. The van der Waals surface area contributed by atoms with Gasteiger partial charge in [0.1, 0.15) is 11.6 Å². The van der Waals surface area contributed by atoms with E-state index in [1.165, 1.54) is 4.90 Å². The molecule has 0 saturated carbocycles. The van der Waals surface area contributed by atoms with Gasteiger partial charge in [0, 0.05) is 32.4 Å². The van der Waals surface area contributed by atoms with Crippen molar-refractivity contribution in [3.63, 3.8) is 0 Å². The summed E-state index contributed by atoms with van der Waals surface area (Å²) in [6.45, 7) is 4.38. The molecule has 2 aromatic rings. The Morgan fingerprint density at radius 2 is 1.76 bits per heavy atom. The number of halogens is 4. The SMILES string of the molecule is Cc1ccc(OCC(=O)OCC(=O)N2CCN(c3ncc(C(F)(F)F)cc3Cl)CC2)cc1C. The molecule has 11 heteroatoms. The first-order chi connectivity index (χ1) is 15.5. The molecule has 33 heavy (non-hydrogen) atoms. The number of aryl methyl sites for hydroxylation is 2. The molecule has 0 atom stereocenters. The van der Waals surface area contributed by atoms with Crippen LogP contribution in [-0.2, 0) is 20.5 Å². The highest BCUT2D eigenvalue weighted by Crippen LogP contribution is 2.33. The van der Waals surface area contributed by atoms with Gasteiger partial charge >= 0.3 is 12.1 Å². The average molecular weight is 486 g/mol. The Labute approximate surface area is 194 Å². The maximum atomic E-state index is 12.8. The third-order valence-electron chi connectivity index (χ3n) is 5.27.